The summed E-state index contributed by atoms with van der Waals surface area (Å²) >= 11 is 3.39. The number of nitrogens with zero attached hydrogens (tertiary/aromatic N) is 2. The van der Waals surface area contributed by atoms with Crippen LogP contribution in [0.1, 0.15) is 29.6 Å². The van der Waals surface area contributed by atoms with Crippen LogP contribution < -0.4 is 0 Å². The van der Waals surface area contributed by atoms with Crippen molar-refractivity contribution in [3.05, 3.63) is 34.3 Å². The number of benzene rings is 1. The predicted molar refractivity (Wildman–Crippen MR) is 86.2 cm³/mol. The van der Waals surface area contributed by atoms with Gasteiger partial charge >= 0.3 is 0 Å². The highest BCUT2D eigenvalue weighted by Gasteiger charge is 2.21. The Kier molecular flexibility index (Phi) is 5.75. The van der Waals surface area contributed by atoms with Crippen LogP contribution in [0.4, 0.5) is 0 Å². The molecule has 1 saturated heterocycles. The van der Waals surface area contributed by atoms with E-state index in [1.165, 1.54) is 19.4 Å². The molecule has 0 aromatic heterocycles. The van der Waals surface area contributed by atoms with E-state index < -0.39 is 0 Å². The van der Waals surface area contributed by atoms with Gasteiger partial charge in [-0.05, 0) is 45.6 Å². The molecular weight excluding hydrogens is 316 g/mol. The molecule has 4 heteroatoms. The van der Waals surface area contributed by atoms with Crippen LogP contribution in [0.5, 0.6) is 0 Å². The van der Waals surface area contributed by atoms with Gasteiger partial charge in [0, 0.05) is 35.6 Å². The summed E-state index contributed by atoms with van der Waals surface area (Å²) in [5.41, 5.74) is 0.808. The highest BCUT2D eigenvalue weighted by Crippen LogP contribution is 2.15. The highest BCUT2D eigenvalue weighted by molar-refractivity contribution is 9.10. The zero-order valence-electron chi connectivity index (χ0n) is 12.3. The van der Waals surface area contributed by atoms with Gasteiger partial charge in [0.15, 0.2) is 5.78 Å². The molecule has 1 atom stereocenters. The Morgan fingerprint density at radius 2 is 2.10 bits per heavy atom. The number of halogens is 1. The third kappa shape index (κ3) is 4.40. The van der Waals surface area contributed by atoms with E-state index in [0.717, 1.165) is 23.1 Å². The van der Waals surface area contributed by atoms with Crippen molar-refractivity contribution in [2.75, 3.05) is 33.7 Å². The first-order valence-corrected chi connectivity index (χ1v) is 8.03. The lowest BCUT2D eigenvalue weighted by Crippen LogP contribution is -2.45. The molecule has 0 saturated carbocycles. The zero-order chi connectivity index (χ0) is 14.5. The van der Waals surface area contributed by atoms with E-state index in [-0.39, 0.29) is 5.78 Å². The molecule has 20 heavy (non-hydrogen) atoms. The van der Waals surface area contributed by atoms with Crippen molar-refractivity contribution < 1.29 is 4.79 Å². The molecule has 1 aromatic carbocycles. The molecule has 0 amide bonds. The third-order valence-corrected chi connectivity index (χ3v) is 4.61. The smallest absolute Gasteiger partial charge is 0.164 e. The first kappa shape index (κ1) is 15.7. The molecule has 1 aromatic rings. The summed E-state index contributed by atoms with van der Waals surface area (Å²) in [5, 5.41) is 0. The second kappa shape index (κ2) is 7.34. The molecule has 0 spiro atoms. The molecule has 1 aliphatic heterocycles. The van der Waals surface area contributed by atoms with Gasteiger partial charge in [0.1, 0.15) is 0 Å². The van der Waals surface area contributed by atoms with E-state index in [1.54, 1.807) is 0 Å². The molecule has 2 rings (SSSR count). The minimum Gasteiger partial charge on any atom is -0.305 e. The van der Waals surface area contributed by atoms with Crippen LogP contribution >= 0.6 is 15.9 Å². The number of piperidine rings is 1. The van der Waals surface area contributed by atoms with E-state index in [4.69, 9.17) is 0 Å². The molecule has 0 N–H and O–H groups in total. The van der Waals surface area contributed by atoms with E-state index in [1.807, 2.05) is 24.3 Å². The van der Waals surface area contributed by atoms with Crippen LogP contribution in [0, 0.1) is 0 Å². The quantitative estimate of drug-likeness (QED) is 0.771. The first-order valence-electron chi connectivity index (χ1n) is 7.24. The molecule has 0 aliphatic carbocycles. The molecule has 1 fully saturated rings. The molecule has 1 aliphatic rings. The van der Waals surface area contributed by atoms with Crippen molar-refractivity contribution in [3.63, 3.8) is 0 Å². The maximum atomic E-state index is 12.2. The average molecular weight is 339 g/mol. The summed E-state index contributed by atoms with van der Waals surface area (Å²) < 4.78 is 1.01. The van der Waals surface area contributed by atoms with Crippen molar-refractivity contribution >= 4 is 21.7 Å². The van der Waals surface area contributed by atoms with E-state index >= 15 is 0 Å². The van der Waals surface area contributed by atoms with Gasteiger partial charge in [0.05, 0.1) is 0 Å². The maximum Gasteiger partial charge on any atom is 0.164 e. The fourth-order valence-corrected chi connectivity index (χ4v) is 3.00. The zero-order valence-corrected chi connectivity index (χ0v) is 13.9. The number of carbonyl (C=O) groups is 1. The number of ketones is 1. The predicted octanol–water partition coefficient (Wildman–Crippen LogP) is 3.05. The first-order chi connectivity index (χ1) is 9.56. The van der Waals surface area contributed by atoms with Crippen LogP contribution in [-0.4, -0.2) is 55.4 Å². The minimum absolute atomic E-state index is 0.230. The van der Waals surface area contributed by atoms with Crippen LogP contribution in [0.15, 0.2) is 28.7 Å². The van der Waals surface area contributed by atoms with Gasteiger partial charge in [-0.1, -0.05) is 28.1 Å². The SMILES string of the molecule is CN1CCCC(N(C)CCC(=O)c2ccc(Br)cc2)C1. The number of hydrogen-bond donors (Lipinski definition) is 0. The fourth-order valence-electron chi connectivity index (χ4n) is 2.74. The summed E-state index contributed by atoms with van der Waals surface area (Å²) in [5.74, 6) is 0.230. The number of Topliss-reactive ketones (excluding diaryl/α,β-unsaturated/α-hetero) is 1. The lowest BCUT2D eigenvalue weighted by atomic mass is 10.0. The normalized spacial score (nSPS) is 20.3. The van der Waals surface area contributed by atoms with Crippen LogP contribution in [0.2, 0.25) is 0 Å². The van der Waals surface area contributed by atoms with Crippen molar-refractivity contribution in [3.8, 4) is 0 Å². The maximum absolute atomic E-state index is 12.2. The summed E-state index contributed by atoms with van der Waals surface area (Å²) in [6.45, 7) is 3.15. The number of carbonyl (C=O) groups excluding carboxylic acids is 1. The van der Waals surface area contributed by atoms with E-state index in [9.17, 15) is 4.79 Å². The van der Waals surface area contributed by atoms with E-state index in [0.29, 0.717) is 12.5 Å². The van der Waals surface area contributed by atoms with Crippen molar-refractivity contribution in [1.82, 2.24) is 9.80 Å². The van der Waals surface area contributed by atoms with Crippen LogP contribution in [0.25, 0.3) is 0 Å². The third-order valence-electron chi connectivity index (χ3n) is 4.08. The van der Waals surface area contributed by atoms with Gasteiger partial charge in [-0.25, -0.2) is 0 Å². The van der Waals surface area contributed by atoms with Crippen molar-refractivity contribution in [1.29, 1.82) is 0 Å². The second-order valence-electron chi connectivity index (χ2n) is 5.72. The summed E-state index contributed by atoms with van der Waals surface area (Å²) in [7, 11) is 4.31. The Morgan fingerprint density at radius 3 is 2.75 bits per heavy atom. The van der Waals surface area contributed by atoms with Gasteiger partial charge in [-0.15, -0.1) is 0 Å². The molecule has 110 valence electrons. The number of likely N-dealkylation sites (N-methyl/N-ethyl adjacent to an activating group) is 2. The second-order valence-corrected chi connectivity index (χ2v) is 6.63. The molecule has 3 nitrogen and oxygen atoms in total. The minimum atomic E-state index is 0.230. The van der Waals surface area contributed by atoms with Gasteiger partial charge < -0.3 is 9.80 Å². The average Bonchev–Trinajstić information content (AvgIpc) is 2.45. The Balaban J connectivity index is 1.82. The van der Waals surface area contributed by atoms with Crippen LogP contribution in [0.3, 0.4) is 0 Å². The number of rotatable bonds is 5. The Labute approximate surface area is 130 Å². The van der Waals surface area contributed by atoms with Crippen molar-refractivity contribution in [2.24, 2.45) is 0 Å². The summed E-state index contributed by atoms with van der Waals surface area (Å²) in [6, 6.07) is 8.22. The van der Waals surface area contributed by atoms with Gasteiger partial charge in [0.2, 0.25) is 0 Å². The van der Waals surface area contributed by atoms with Gasteiger partial charge in [-0.3, -0.25) is 4.79 Å². The van der Waals surface area contributed by atoms with Gasteiger partial charge in [0.25, 0.3) is 0 Å². The number of hydrogen-bond acceptors (Lipinski definition) is 3. The topological polar surface area (TPSA) is 23.6 Å². The largest absolute Gasteiger partial charge is 0.305 e. The molecule has 0 radical (unpaired) electrons. The van der Waals surface area contributed by atoms with Crippen molar-refractivity contribution in [2.45, 2.75) is 25.3 Å². The molecule has 0 bridgehead atoms. The highest BCUT2D eigenvalue weighted by atomic mass is 79.9. The van der Waals surface area contributed by atoms with Gasteiger partial charge in [-0.2, -0.15) is 0 Å². The molecule has 1 unspecified atom stereocenters. The Hall–Kier alpha value is -0.710. The number of likely N-dealkylation sites (tertiary alicyclic amines) is 1. The Bertz CT molecular complexity index is 446. The lowest BCUT2D eigenvalue weighted by Gasteiger charge is -2.35. The van der Waals surface area contributed by atoms with Crippen LogP contribution in [-0.2, 0) is 0 Å². The monoisotopic (exact) mass is 338 g/mol. The molecule has 1 heterocycles. The Morgan fingerprint density at radius 1 is 1.40 bits per heavy atom. The lowest BCUT2D eigenvalue weighted by molar-refractivity contribution is 0.0931. The summed E-state index contributed by atoms with van der Waals surface area (Å²) in [4.78, 5) is 16.9. The fraction of sp³-hybridized carbons (Fsp3) is 0.562. The van der Waals surface area contributed by atoms with E-state index in [2.05, 4.69) is 39.8 Å². The summed E-state index contributed by atoms with van der Waals surface area (Å²) in [6.07, 6.45) is 3.10. The standard InChI is InChI=1S/C16H23BrN2O/c1-18-10-3-4-15(12-18)19(2)11-9-16(20)13-5-7-14(17)8-6-13/h5-8,15H,3-4,9-12H2,1-2H3. The molecular formula is C16H23BrN2O.